The molecule has 0 fully saturated rings. The lowest BCUT2D eigenvalue weighted by molar-refractivity contribution is -0.118. The summed E-state index contributed by atoms with van der Waals surface area (Å²) < 4.78 is 5.34. The summed E-state index contributed by atoms with van der Waals surface area (Å²) in [7, 11) is 0. The highest BCUT2D eigenvalue weighted by atomic mass is 32.1. The van der Waals surface area contributed by atoms with E-state index >= 15 is 0 Å². The molecular weight excluding hydrogens is 312 g/mol. The van der Waals surface area contributed by atoms with Gasteiger partial charge in [-0.3, -0.25) is 9.59 Å². The molecule has 2 aromatic rings. The van der Waals surface area contributed by atoms with E-state index in [1.165, 1.54) is 10.4 Å². The van der Waals surface area contributed by atoms with E-state index in [-0.39, 0.29) is 24.5 Å². The van der Waals surface area contributed by atoms with Crippen LogP contribution in [-0.4, -0.2) is 29.9 Å². The van der Waals surface area contributed by atoms with Gasteiger partial charge in [-0.15, -0.1) is 11.3 Å². The van der Waals surface area contributed by atoms with Crippen LogP contribution in [0.5, 0.6) is 5.75 Å². The third kappa shape index (κ3) is 2.39. The average molecular weight is 328 g/mol. The predicted octanol–water partition coefficient (Wildman–Crippen LogP) is 2.84. The zero-order chi connectivity index (χ0) is 16.0. The molecule has 0 radical (unpaired) electrons. The van der Waals surface area contributed by atoms with Crippen LogP contribution in [0.4, 0.5) is 5.69 Å². The summed E-state index contributed by atoms with van der Waals surface area (Å²) in [6.45, 7) is 2.80. The number of hydrogen-bond acceptors (Lipinski definition) is 4. The molecule has 4 rings (SSSR count). The highest BCUT2D eigenvalue weighted by molar-refractivity contribution is 7.10. The van der Waals surface area contributed by atoms with Gasteiger partial charge in [-0.2, -0.15) is 0 Å². The number of hydrogen-bond donors (Lipinski definition) is 1. The number of rotatable bonds is 1. The lowest BCUT2D eigenvalue weighted by Crippen LogP contribution is -2.38. The SMILES string of the molecule is C[C@H]1c2ccsc2CCN1C(=O)c1ccc2c(c1)NC(=O)CO2. The molecule has 0 aliphatic carbocycles. The largest absolute Gasteiger partial charge is 0.482 e. The van der Waals surface area contributed by atoms with Crippen molar-refractivity contribution >= 4 is 28.8 Å². The molecule has 2 aliphatic heterocycles. The van der Waals surface area contributed by atoms with Crippen molar-refractivity contribution in [2.75, 3.05) is 18.5 Å². The second-order valence-electron chi connectivity index (χ2n) is 5.77. The summed E-state index contributed by atoms with van der Waals surface area (Å²) in [6.07, 6.45) is 0.897. The number of fused-ring (bicyclic) bond motifs is 2. The lowest BCUT2D eigenvalue weighted by Gasteiger charge is -2.34. The predicted molar refractivity (Wildman–Crippen MR) is 88.0 cm³/mol. The zero-order valence-electron chi connectivity index (χ0n) is 12.7. The van der Waals surface area contributed by atoms with E-state index < -0.39 is 0 Å². The molecule has 23 heavy (non-hydrogen) atoms. The summed E-state index contributed by atoms with van der Waals surface area (Å²) in [5, 5.41) is 4.83. The number of nitrogens with zero attached hydrogens (tertiary/aromatic N) is 1. The maximum absolute atomic E-state index is 12.9. The number of benzene rings is 1. The molecule has 2 aliphatic rings. The normalized spacial score (nSPS) is 19.4. The number of thiophene rings is 1. The quantitative estimate of drug-likeness (QED) is 0.876. The van der Waals surface area contributed by atoms with E-state index in [2.05, 4.69) is 23.7 Å². The highest BCUT2D eigenvalue weighted by Gasteiger charge is 2.29. The number of ether oxygens (including phenoxy) is 1. The first-order valence-corrected chi connectivity index (χ1v) is 8.45. The van der Waals surface area contributed by atoms with Crippen LogP contribution in [0.3, 0.4) is 0 Å². The molecule has 0 unspecified atom stereocenters. The van der Waals surface area contributed by atoms with E-state index in [4.69, 9.17) is 4.74 Å². The van der Waals surface area contributed by atoms with Crippen molar-refractivity contribution in [1.29, 1.82) is 0 Å². The monoisotopic (exact) mass is 328 g/mol. The molecule has 1 N–H and O–H groups in total. The number of anilines is 1. The van der Waals surface area contributed by atoms with Crippen LogP contribution in [0.2, 0.25) is 0 Å². The molecule has 1 aromatic heterocycles. The Balaban J connectivity index is 1.63. The Morgan fingerprint density at radius 3 is 3.13 bits per heavy atom. The minimum Gasteiger partial charge on any atom is -0.482 e. The number of nitrogens with one attached hydrogen (secondary N) is 1. The fourth-order valence-electron chi connectivity index (χ4n) is 3.17. The molecule has 5 nitrogen and oxygen atoms in total. The van der Waals surface area contributed by atoms with Crippen molar-refractivity contribution in [1.82, 2.24) is 4.90 Å². The van der Waals surface area contributed by atoms with Gasteiger partial charge >= 0.3 is 0 Å². The van der Waals surface area contributed by atoms with Crippen LogP contribution in [0, 0.1) is 0 Å². The highest BCUT2D eigenvalue weighted by Crippen LogP contribution is 2.35. The van der Waals surface area contributed by atoms with Gasteiger partial charge in [-0.05, 0) is 48.6 Å². The molecule has 2 amide bonds. The van der Waals surface area contributed by atoms with Crippen molar-refractivity contribution < 1.29 is 14.3 Å². The Bertz CT molecular complexity index is 799. The standard InChI is InChI=1S/C17H16N2O3S/c1-10-12-5-7-23-15(12)4-6-19(10)17(21)11-2-3-14-13(8-11)18-16(20)9-22-14/h2-3,5,7-8,10H,4,6,9H2,1H3,(H,18,20)/t10-/m0/s1. The van der Waals surface area contributed by atoms with Crippen LogP contribution >= 0.6 is 11.3 Å². The van der Waals surface area contributed by atoms with Gasteiger partial charge in [-0.25, -0.2) is 0 Å². The Morgan fingerprint density at radius 1 is 1.39 bits per heavy atom. The topological polar surface area (TPSA) is 58.6 Å². The van der Waals surface area contributed by atoms with E-state index in [1.54, 1.807) is 29.5 Å². The number of carbonyl (C=O) groups is 2. The van der Waals surface area contributed by atoms with Crippen LogP contribution < -0.4 is 10.1 Å². The molecule has 1 atom stereocenters. The first-order chi connectivity index (χ1) is 11.1. The first kappa shape index (κ1) is 14.3. The molecule has 6 heteroatoms. The van der Waals surface area contributed by atoms with Gasteiger partial charge in [0, 0.05) is 17.0 Å². The summed E-state index contributed by atoms with van der Waals surface area (Å²) >= 11 is 1.76. The number of amides is 2. The first-order valence-electron chi connectivity index (χ1n) is 7.57. The van der Waals surface area contributed by atoms with Crippen molar-refractivity contribution in [2.24, 2.45) is 0 Å². The molecule has 0 saturated heterocycles. The number of carbonyl (C=O) groups excluding carboxylic acids is 2. The van der Waals surface area contributed by atoms with Crippen molar-refractivity contribution in [3.8, 4) is 5.75 Å². The minimum atomic E-state index is -0.198. The van der Waals surface area contributed by atoms with Gasteiger partial charge in [-0.1, -0.05) is 0 Å². The lowest BCUT2D eigenvalue weighted by atomic mass is 10.00. The molecule has 3 heterocycles. The Kier molecular flexibility index (Phi) is 3.34. The van der Waals surface area contributed by atoms with Crippen molar-refractivity contribution in [3.05, 3.63) is 45.6 Å². The fraction of sp³-hybridized carbons (Fsp3) is 0.294. The molecule has 1 aromatic carbocycles. The Labute approximate surface area is 137 Å². The fourth-order valence-corrected chi connectivity index (χ4v) is 4.13. The second-order valence-corrected chi connectivity index (χ2v) is 6.77. The van der Waals surface area contributed by atoms with Gasteiger partial charge in [0.15, 0.2) is 6.61 Å². The van der Waals surface area contributed by atoms with E-state index in [0.29, 0.717) is 23.5 Å². The van der Waals surface area contributed by atoms with E-state index in [1.807, 2.05) is 4.90 Å². The van der Waals surface area contributed by atoms with Crippen LogP contribution in [0.15, 0.2) is 29.6 Å². The molecule has 118 valence electrons. The summed E-state index contributed by atoms with van der Waals surface area (Å²) in [5.41, 5.74) is 2.37. The molecule has 0 spiro atoms. The summed E-state index contributed by atoms with van der Waals surface area (Å²) in [6, 6.07) is 7.37. The third-order valence-electron chi connectivity index (χ3n) is 4.40. The summed E-state index contributed by atoms with van der Waals surface area (Å²) in [4.78, 5) is 27.6. The van der Waals surface area contributed by atoms with Gasteiger partial charge in [0.1, 0.15) is 5.75 Å². The maximum atomic E-state index is 12.9. The Hall–Kier alpha value is -2.34. The maximum Gasteiger partial charge on any atom is 0.262 e. The van der Waals surface area contributed by atoms with Gasteiger partial charge in [0.2, 0.25) is 0 Å². The van der Waals surface area contributed by atoms with Crippen molar-refractivity contribution in [3.63, 3.8) is 0 Å². The van der Waals surface area contributed by atoms with Crippen LogP contribution in [-0.2, 0) is 11.2 Å². The second kappa shape index (κ2) is 5.38. The summed E-state index contributed by atoms with van der Waals surface area (Å²) in [5.74, 6) is 0.390. The van der Waals surface area contributed by atoms with Gasteiger partial charge in [0.25, 0.3) is 11.8 Å². The Morgan fingerprint density at radius 2 is 2.26 bits per heavy atom. The molecule has 0 saturated carbocycles. The zero-order valence-corrected chi connectivity index (χ0v) is 13.5. The van der Waals surface area contributed by atoms with E-state index in [0.717, 1.165) is 6.42 Å². The van der Waals surface area contributed by atoms with Crippen LogP contribution in [0.1, 0.15) is 33.8 Å². The average Bonchev–Trinajstić information content (AvgIpc) is 3.03. The molecular formula is C17H16N2O3S. The third-order valence-corrected chi connectivity index (χ3v) is 5.39. The van der Waals surface area contributed by atoms with Gasteiger partial charge in [0.05, 0.1) is 11.7 Å². The molecule has 0 bridgehead atoms. The van der Waals surface area contributed by atoms with Crippen molar-refractivity contribution in [2.45, 2.75) is 19.4 Å². The minimum absolute atomic E-state index is 0.0167. The van der Waals surface area contributed by atoms with Gasteiger partial charge < -0.3 is 15.0 Å². The van der Waals surface area contributed by atoms with E-state index in [9.17, 15) is 9.59 Å². The smallest absolute Gasteiger partial charge is 0.262 e. The van der Waals surface area contributed by atoms with Crippen LogP contribution in [0.25, 0.3) is 0 Å².